The molecule has 0 aliphatic carbocycles. The van der Waals surface area contributed by atoms with Crippen molar-refractivity contribution >= 4 is 27.3 Å². The standard InChI is InChI=1S/C25H33N3O5S/c1-19-7-6-8-21(17-19)33-20(2)25(29)26-23-18-22(34(30,31)28-13-15-32-16-14-28)9-10-24(23)27-11-4-3-5-12-27/h6-10,17-18,20H,3-5,11-16H2,1-2H3,(H,26,29). The number of nitrogens with one attached hydrogen (secondary N) is 1. The van der Waals surface area contributed by atoms with E-state index in [-0.39, 0.29) is 10.8 Å². The van der Waals surface area contributed by atoms with Crippen molar-refractivity contribution in [3.8, 4) is 5.75 Å². The van der Waals surface area contributed by atoms with Crippen LogP contribution in [0.3, 0.4) is 0 Å². The normalized spacial score (nSPS) is 18.4. The highest BCUT2D eigenvalue weighted by molar-refractivity contribution is 7.89. The van der Waals surface area contributed by atoms with Crippen LogP contribution in [0.5, 0.6) is 5.75 Å². The van der Waals surface area contributed by atoms with Gasteiger partial charge in [0.25, 0.3) is 5.91 Å². The Hall–Kier alpha value is -2.62. The first-order valence-corrected chi connectivity index (χ1v) is 13.3. The Balaban J connectivity index is 1.59. The lowest BCUT2D eigenvalue weighted by Gasteiger charge is -2.31. The fraction of sp³-hybridized carbons (Fsp3) is 0.480. The Morgan fingerprint density at radius 2 is 1.76 bits per heavy atom. The van der Waals surface area contributed by atoms with Gasteiger partial charge in [-0.25, -0.2) is 8.42 Å². The van der Waals surface area contributed by atoms with Crippen molar-refractivity contribution in [2.75, 3.05) is 49.6 Å². The van der Waals surface area contributed by atoms with Gasteiger partial charge >= 0.3 is 0 Å². The number of nitrogens with zero attached hydrogens (tertiary/aromatic N) is 2. The van der Waals surface area contributed by atoms with Gasteiger partial charge in [-0.1, -0.05) is 12.1 Å². The number of carbonyl (C=O) groups is 1. The molecule has 2 saturated heterocycles. The van der Waals surface area contributed by atoms with Crippen molar-refractivity contribution in [2.45, 2.75) is 44.1 Å². The van der Waals surface area contributed by atoms with Gasteiger partial charge in [0.15, 0.2) is 6.10 Å². The van der Waals surface area contributed by atoms with Crippen LogP contribution in [0.15, 0.2) is 47.4 Å². The zero-order valence-corrected chi connectivity index (χ0v) is 20.6. The zero-order chi connectivity index (χ0) is 24.1. The molecule has 1 amide bonds. The molecule has 2 fully saturated rings. The minimum Gasteiger partial charge on any atom is -0.481 e. The van der Waals surface area contributed by atoms with E-state index in [0.717, 1.165) is 37.2 Å². The molecule has 34 heavy (non-hydrogen) atoms. The Morgan fingerprint density at radius 3 is 2.47 bits per heavy atom. The molecule has 1 atom stereocenters. The lowest BCUT2D eigenvalue weighted by atomic mass is 10.1. The van der Waals surface area contributed by atoms with E-state index in [1.165, 1.54) is 10.7 Å². The second-order valence-electron chi connectivity index (χ2n) is 8.81. The summed E-state index contributed by atoms with van der Waals surface area (Å²) in [5.41, 5.74) is 2.36. The Labute approximate surface area is 201 Å². The van der Waals surface area contributed by atoms with Gasteiger partial charge < -0.3 is 19.7 Å². The summed E-state index contributed by atoms with van der Waals surface area (Å²) in [5, 5.41) is 2.94. The maximum Gasteiger partial charge on any atom is 0.265 e. The van der Waals surface area contributed by atoms with Gasteiger partial charge in [-0.05, 0) is 69.0 Å². The topological polar surface area (TPSA) is 88.2 Å². The SMILES string of the molecule is Cc1cccc(OC(C)C(=O)Nc2cc(S(=O)(=O)N3CCOCC3)ccc2N2CCCCC2)c1. The molecule has 1 unspecified atom stereocenters. The number of piperidine rings is 1. The number of amides is 1. The quantitative estimate of drug-likeness (QED) is 0.644. The molecule has 4 rings (SSSR count). The van der Waals surface area contributed by atoms with E-state index < -0.39 is 16.1 Å². The lowest BCUT2D eigenvalue weighted by Crippen LogP contribution is -2.40. The maximum atomic E-state index is 13.2. The zero-order valence-electron chi connectivity index (χ0n) is 19.8. The predicted octanol–water partition coefficient (Wildman–Crippen LogP) is 3.41. The van der Waals surface area contributed by atoms with Crippen molar-refractivity contribution in [3.63, 3.8) is 0 Å². The second-order valence-corrected chi connectivity index (χ2v) is 10.7. The highest BCUT2D eigenvalue weighted by Crippen LogP contribution is 2.32. The molecule has 1 N–H and O–H groups in total. The number of sulfonamides is 1. The van der Waals surface area contributed by atoms with Crippen molar-refractivity contribution in [3.05, 3.63) is 48.0 Å². The minimum atomic E-state index is -3.69. The minimum absolute atomic E-state index is 0.165. The number of rotatable bonds is 7. The van der Waals surface area contributed by atoms with Crippen molar-refractivity contribution < 1.29 is 22.7 Å². The fourth-order valence-electron chi connectivity index (χ4n) is 4.30. The van der Waals surface area contributed by atoms with Crippen LogP contribution in [0.1, 0.15) is 31.7 Å². The van der Waals surface area contributed by atoms with Crippen molar-refractivity contribution in [1.82, 2.24) is 4.31 Å². The highest BCUT2D eigenvalue weighted by Gasteiger charge is 2.28. The molecule has 8 nitrogen and oxygen atoms in total. The van der Waals surface area contributed by atoms with E-state index >= 15 is 0 Å². The number of aryl methyl sites for hydroxylation is 1. The monoisotopic (exact) mass is 487 g/mol. The summed E-state index contributed by atoms with van der Waals surface area (Å²) in [4.78, 5) is 15.4. The molecule has 184 valence electrons. The molecule has 2 aliphatic rings. The summed E-state index contributed by atoms with van der Waals surface area (Å²) >= 11 is 0. The summed E-state index contributed by atoms with van der Waals surface area (Å²) < 4.78 is 39.1. The van der Waals surface area contributed by atoms with E-state index in [2.05, 4.69) is 10.2 Å². The molecule has 2 aromatic rings. The molecule has 0 aromatic heterocycles. The number of morpholine rings is 1. The summed E-state index contributed by atoms with van der Waals surface area (Å²) in [5.74, 6) is 0.281. The fourth-order valence-corrected chi connectivity index (χ4v) is 5.74. The molecule has 2 heterocycles. The van der Waals surface area contributed by atoms with Crippen LogP contribution in [-0.2, 0) is 19.6 Å². The van der Waals surface area contributed by atoms with E-state index in [0.29, 0.717) is 37.7 Å². The number of benzene rings is 2. The summed E-state index contributed by atoms with van der Waals surface area (Å²) in [7, 11) is -3.69. The van der Waals surface area contributed by atoms with Crippen molar-refractivity contribution in [2.24, 2.45) is 0 Å². The van der Waals surface area contributed by atoms with Crippen LogP contribution in [-0.4, -0.2) is 64.1 Å². The molecule has 0 spiro atoms. The predicted molar refractivity (Wildman–Crippen MR) is 132 cm³/mol. The Bertz CT molecular complexity index is 1110. The van der Waals surface area contributed by atoms with Gasteiger partial charge in [0, 0.05) is 26.2 Å². The molecule has 2 aliphatic heterocycles. The molecule has 0 saturated carbocycles. The van der Waals surface area contributed by atoms with E-state index in [1.807, 2.05) is 31.2 Å². The van der Waals surface area contributed by atoms with Gasteiger partial charge in [0.1, 0.15) is 5.75 Å². The van der Waals surface area contributed by atoms with E-state index in [9.17, 15) is 13.2 Å². The van der Waals surface area contributed by atoms with Crippen LogP contribution in [0.4, 0.5) is 11.4 Å². The second kappa shape index (κ2) is 10.8. The third-order valence-corrected chi connectivity index (χ3v) is 8.10. The summed E-state index contributed by atoms with van der Waals surface area (Å²) in [6, 6.07) is 12.5. The molecule has 9 heteroatoms. The highest BCUT2D eigenvalue weighted by atomic mass is 32.2. The van der Waals surface area contributed by atoms with Gasteiger partial charge in [-0.2, -0.15) is 4.31 Å². The van der Waals surface area contributed by atoms with E-state index in [4.69, 9.17) is 9.47 Å². The van der Waals surface area contributed by atoms with Gasteiger partial charge in [0.05, 0.1) is 29.5 Å². The first-order valence-electron chi connectivity index (χ1n) is 11.9. The van der Waals surface area contributed by atoms with Crippen LogP contribution >= 0.6 is 0 Å². The number of anilines is 2. The molecular formula is C25H33N3O5S. The third kappa shape index (κ3) is 5.71. The molecule has 2 aromatic carbocycles. The van der Waals surface area contributed by atoms with Crippen LogP contribution < -0.4 is 15.0 Å². The largest absolute Gasteiger partial charge is 0.481 e. The van der Waals surface area contributed by atoms with Crippen LogP contribution in [0.25, 0.3) is 0 Å². The summed E-state index contributed by atoms with van der Waals surface area (Å²) in [6.07, 6.45) is 2.54. The van der Waals surface area contributed by atoms with Gasteiger partial charge in [-0.3, -0.25) is 4.79 Å². The summed E-state index contributed by atoms with van der Waals surface area (Å²) in [6.45, 7) is 6.78. The third-order valence-electron chi connectivity index (χ3n) is 6.20. The number of hydrogen-bond donors (Lipinski definition) is 1. The number of carbonyl (C=O) groups excluding carboxylic acids is 1. The molecule has 0 radical (unpaired) electrons. The smallest absolute Gasteiger partial charge is 0.265 e. The average Bonchev–Trinajstić information content (AvgIpc) is 2.85. The number of hydrogen-bond acceptors (Lipinski definition) is 6. The maximum absolute atomic E-state index is 13.2. The van der Waals surface area contributed by atoms with Crippen molar-refractivity contribution in [1.29, 1.82) is 0 Å². The Kier molecular flexibility index (Phi) is 7.75. The first-order chi connectivity index (χ1) is 16.3. The first kappa shape index (κ1) is 24.5. The number of ether oxygens (including phenoxy) is 2. The molecule has 0 bridgehead atoms. The van der Waals surface area contributed by atoms with Crippen LogP contribution in [0.2, 0.25) is 0 Å². The van der Waals surface area contributed by atoms with Gasteiger partial charge in [0.2, 0.25) is 10.0 Å². The average molecular weight is 488 g/mol. The van der Waals surface area contributed by atoms with Crippen LogP contribution in [0, 0.1) is 6.92 Å². The van der Waals surface area contributed by atoms with E-state index in [1.54, 1.807) is 25.1 Å². The lowest BCUT2D eigenvalue weighted by molar-refractivity contribution is -0.122. The Morgan fingerprint density at radius 1 is 1.03 bits per heavy atom. The van der Waals surface area contributed by atoms with Gasteiger partial charge in [-0.15, -0.1) is 0 Å². The molecular weight excluding hydrogens is 454 g/mol.